The van der Waals surface area contributed by atoms with Gasteiger partial charge in [-0.25, -0.2) is 17.2 Å². The first-order chi connectivity index (χ1) is 10.3. The van der Waals surface area contributed by atoms with Gasteiger partial charge in [0, 0.05) is 24.6 Å². The SMILES string of the molecule is CSc1ccc(CN(C)S(=O)(=O)c2cc(F)cc(F)c2)cc1. The molecule has 0 aliphatic rings. The number of benzene rings is 2. The van der Waals surface area contributed by atoms with Gasteiger partial charge < -0.3 is 0 Å². The molecule has 0 fully saturated rings. The van der Waals surface area contributed by atoms with E-state index in [0.717, 1.165) is 26.9 Å². The zero-order chi connectivity index (χ0) is 16.3. The molecule has 2 rings (SSSR count). The molecule has 0 saturated carbocycles. The van der Waals surface area contributed by atoms with Crippen LogP contribution >= 0.6 is 11.8 Å². The fraction of sp³-hybridized carbons (Fsp3) is 0.200. The van der Waals surface area contributed by atoms with Crippen LogP contribution in [0.15, 0.2) is 52.3 Å². The van der Waals surface area contributed by atoms with Crippen molar-refractivity contribution in [2.24, 2.45) is 0 Å². The Morgan fingerprint density at radius 2 is 1.59 bits per heavy atom. The molecule has 0 spiro atoms. The van der Waals surface area contributed by atoms with E-state index in [1.807, 2.05) is 30.5 Å². The second-order valence-electron chi connectivity index (χ2n) is 4.71. The molecule has 0 aliphatic heterocycles. The molecule has 0 radical (unpaired) electrons. The van der Waals surface area contributed by atoms with Gasteiger partial charge in [0.2, 0.25) is 10.0 Å². The van der Waals surface area contributed by atoms with E-state index < -0.39 is 26.6 Å². The molecule has 0 aromatic heterocycles. The Balaban J connectivity index is 2.24. The van der Waals surface area contributed by atoms with E-state index in [-0.39, 0.29) is 6.54 Å². The monoisotopic (exact) mass is 343 g/mol. The van der Waals surface area contributed by atoms with Crippen LogP contribution in [0, 0.1) is 11.6 Å². The third-order valence-corrected chi connectivity index (χ3v) is 5.63. The molecule has 2 aromatic carbocycles. The van der Waals surface area contributed by atoms with Crippen molar-refractivity contribution in [3.63, 3.8) is 0 Å². The summed E-state index contributed by atoms with van der Waals surface area (Å²) >= 11 is 1.59. The van der Waals surface area contributed by atoms with Crippen molar-refractivity contribution in [2.45, 2.75) is 16.3 Å². The van der Waals surface area contributed by atoms with Crippen LogP contribution in [0.25, 0.3) is 0 Å². The van der Waals surface area contributed by atoms with Crippen LogP contribution in [0.5, 0.6) is 0 Å². The minimum Gasteiger partial charge on any atom is -0.207 e. The van der Waals surface area contributed by atoms with Gasteiger partial charge >= 0.3 is 0 Å². The summed E-state index contributed by atoms with van der Waals surface area (Å²) in [6.45, 7) is 0.120. The van der Waals surface area contributed by atoms with E-state index in [4.69, 9.17) is 0 Å². The molecule has 0 saturated heterocycles. The summed E-state index contributed by atoms with van der Waals surface area (Å²) in [5, 5.41) is 0. The lowest BCUT2D eigenvalue weighted by molar-refractivity contribution is 0.464. The normalized spacial score (nSPS) is 11.9. The van der Waals surface area contributed by atoms with Crippen molar-refractivity contribution >= 4 is 21.8 Å². The van der Waals surface area contributed by atoms with Gasteiger partial charge in [-0.3, -0.25) is 0 Å². The van der Waals surface area contributed by atoms with Gasteiger partial charge in [0.05, 0.1) is 4.90 Å². The number of nitrogens with zero attached hydrogens (tertiary/aromatic N) is 1. The Morgan fingerprint density at radius 1 is 1.05 bits per heavy atom. The van der Waals surface area contributed by atoms with E-state index in [1.54, 1.807) is 11.8 Å². The van der Waals surface area contributed by atoms with E-state index >= 15 is 0 Å². The molecule has 0 unspecified atom stereocenters. The van der Waals surface area contributed by atoms with Gasteiger partial charge in [-0.1, -0.05) is 12.1 Å². The van der Waals surface area contributed by atoms with E-state index in [9.17, 15) is 17.2 Å². The second-order valence-corrected chi connectivity index (χ2v) is 7.64. The largest absolute Gasteiger partial charge is 0.243 e. The third-order valence-electron chi connectivity index (χ3n) is 3.11. The van der Waals surface area contributed by atoms with Crippen LogP contribution in [-0.2, 0) is 16.6 Å². The highest BCUT2D eigenvalue weighted by Crippen LogP contribution is 2.20. The molecule has 2 aromatic rings. The van der Waals surface area contributed by atoms with Crippen LogP contribution < -0.4 is 0 Å². The van der Waals surface area contributed by atoms with E-state index in [2.05, 4.69) is 0 Å². The van der Waals surface area contributed by atoms with Crippen molar-refractivity contribution < 1.29 is 17.2 Å². The number of hydrogen-bond donors (Lipinski definition) is 0. The first-order valence-corrected chi connectivity index (χ1v) is 9.05. The fourth-order valence-electron chi connectivity index (χ4n) is 1.93. The van der Waals surface area contributed by atoms with Gasteiger partial charge in [-0.2, -0.15) is 4.31 Å². The first-order valence-electron chi connectivity index (χ1n) is 6.38. The van der Waals surface area contributed by atoms with Gasteiger partial charge in [0.1, 0.15) is 11.6 Å². The molecule has 0 heterocycles. The fourth-order valence-corrected chi connectivity index (χ4v) is 3.54. The average molecular weight is 343 g/mol. The number of halogens is 2. The minimum atomic E-state index is -3.95. The predicted octanol–water partition coefficient (Wildman–Crippen LogP) is 3.51. The Labute approximate surface area is 133 Å². The number of thioether (sulfide) groups is 1. The molecule has 0 aliphatic carbocycles. The molecular weight excluding hydrogens is 328 g/mol. The molecule has 0 amide bonds. The molecule has 7 heteroatoms. The standard InChI is InChI=1S/C15H15F2NO2S2/c1-18(10-11-3-5-14(21-2)6-4-11)22(19,20)15-8-12(16)7-13(17)9-15/h3-9H,10H2,1-2H3. The van der Waals surface area contributed by atoms with E-state index in [0.29, 0.717) is 6.07 Å². The maximum atomic E-state index is 13.2. The summed E-state index contributed by atoms with van der Waals surface area (Å²) in [7, 11) is -2.57. The topological polar surface area (TPSA) is 37.4 Å². The summed E-state index contributed by atoms with van der Waals surface area (Å²) in [4.78, 5) is 0.676. The zero-order valence-electron chi connectivity index (χ0n) is 12.1. The molecule has 118 valence electrons. The molecule has 3 nitrogen and oxygen atoms in total. The van der Waals surface area contributed by atoms with E-state index in [1.165, 1.54) is 7.05 Å². The first kappa shape index (κ1) is 16.9. The molecule has 0 N–H and O–H groups in total. The van der Waals surface area contributed by atoms with Gasteiger partial charge in [0.15, 0.2) is 0 Å². The van der Waals surface area contributed by atoms with Crippen LogP contribution in [0.1, 0.15) is 5.56 Å². The minimum absolute atomic E-state index is 0.120. The summed E-state index contributed by atoms with van der Waals surface area (Å²) < 4.78 is 52.2. The maximum absolute atomic E-state index is 13.2. The Hall–Kier alpha value is -1.44. The molecule has 0 bridgehead atoms. The highest BCUT2D eigenvalue weighted by molar-refractivity contribution is 7.98. The van der Waals surface area contributed by atoms with Crippen LogP contribution in [0.3, 0.4) is 0 Å². The van der Waals surface area contributed by atoms with Crippen LogP contribution in [-0.4, -0.2) is 26.0 Å². The molecular formula is C15H15F2NO2S2. The number of rotatable bonds is 5. The number of hydrogen-bond acceptors (Lipinski definition) is 3. The van der Waals surface area contributed by atoms with Crippen molar-refractivity contribution in [3.05, 3.63) is 59.7 Å². The Bertz CT molecular complexity index is 741. The Kier molecular flexibility index (Phi) is 5.20. The van der Waals surface area contributed by atoms with Crippen molar-refractivity contribution in [2.75, 3.05) is 13.3 Å². The quantitative estimate of drug-likeness (QED) is 0.780. The lowest BCUT2D eigenvalue weighted by Crippen LogP contribution is -2.26. The summed E-state index contributed by atoms with van der Waals surface area (Å²) in [6, 6.07) is 9.69. The summed E-state index contributed by atoms with van der Waals surface area (Å²) in [6.07, 6.45) is 1.95. The predicted molar refractivity (Wildman–Crippen MR) is 83.2 cm³/mol. The highest BCUT2D eigenvalue weighted by Gasteiger charge is 2.22. The highest BCUT2D eigenvalue weighted by atomic mass is 32.2. The lowest BCUT2D eigenvalue weighted by Gasteiger charge is -2.17. The van der Waals surface area contributed by atoms with Crippen LogP contribution in [0.2, 0.25) is 0 Å². The third kappa shape index (κ3) is 3.85. The average Bonchev–Trinajstić information content (AvgIpc) is 2.47. The zero-order valence-corrected chi connectivity index (χ0v) is 13.7. The van der Waals surface area contributed by atoms with Gasteiger partial charge in [-0.15, -0.1) is 11.8 Å². The summed E-state index contributed by atoms with van der Waals surface area (Å²) in [5.74, 6) is -1.84. The maximum Gasteiger partial charge on any atom is 0.243 e. The Morgan fingerprint density at radius 3 is 2.09 bits per heavy atom. The molecule has 22 heavy (non-hydrogen) atoms. The van der Waals surface area contributed by atoms with Crippen LogP contribution in [0.4, 0.5) is 8.78 Å². The lowest BCUT2D eigenvalue weighted by atomic mass is 10.2. The van der Waals surface area contributed by atoms with Crippen molar-refractivity contribution in [1.82, 2.24) is 4.31 Å². The smallest absolute Gasteiger partial charge is 0.207 e. The van der Waals surface area contributed by atoms with Crippen molar-refractivity contribution in [3.8, 4) is 0 Å². The molecule has 0 atom stereocenters. The second kappa shape index (κ2) is 6.76. The van der Waals surface area contributed by atoms with Gasteiger partial charge in [-0.05, 0) is 36.1 Å². The van der Waals surface area contributed by atoms with Crippen molar-refractivity contribution in [1.29, 1.82) is 0 Å². The summed E-state index contributed by atoms with van der Waals surface area (Å²) in [5.41, 5.74) is 0.792. The van der Waals surface area contributed by atoms with Gasteiger partial charge in [0.25, 0.3) is 0 Å². The number of sulfonamides is 1.